The van der Waals surface area contributed by atoms with Crippen molar-refractivity contribution in [3.63, 3.8) is 0 Å². The zero-order chi connectivity index (χ0) is 9.14. The van der Waals surface area contributed by atoms with Crippen LogP contribution in [0.25, 0.3) is 0 Å². The number of rotatable bonds is 0. The first-order chi connectivity index (χ1) is 5.70. The predicted octanol–water partition coefficient (Wildman–Crippen LogP) is -0.421. The lowest BCUT2D eigenvalue weighted by atomic mass is 9.94. The smallest absolute Gasteiger partial charge is 0.235 e. The second kappa shape index (κ2) is 3.12. The highest BCUT2D eigenvalue weighted by Crippen LogP contribution is 2.06. The number of hydrogen-bond acceptors (Lipinski definition) is 6. The summed E-state index contributed by atoms with van der Waals surface area (Å²) in [6, 6.07) is 0. The lowest BCUT2D eigenvalue weighted by Gasteiger charge is -2.09. The van der Waals surface area contributed by atoms with Gasteiger partial charge in [0.1, 0.15) is 5.71 Å². The molecule has 6 nitrogen and oxygen atoms in total. The van der Waals surface area contributed by atoms with E-state index < -0.39 is 17.3 Å². The predicted molar refractivity (Wildman–Crippen MR) is 37.7 cm³/mol. The molecule has 64 valence electrons. The molecule has 0 bridgehead atoms. The van der Waals surface area contributed by atoms with Gasteiger partial charge in [0.25, 0.3) is 0 Å². The van der Waals surface area contributed by atoms with E-state index in [4.69, 9.17) is 10.4 Å². The van der Waals surface area contributed by atoms with Gasteiger partial charge in [-0.15, -0.1) is 0 Å². The van der Waals surface area contributed by atoms with Crippen LogP contribution < -0.4 is 0 Å². The third-order valence-corrected chi connectivity index (χ3v) is 1.55. The zero-order valence-electron chi connectivity index (χ0n) is 6.02. The molecule has 0 radical (unpaired) electrons. The monoisotopic (exact) mass is 170 g/mol. The number of hydrogen-bond donors (Lipinski definition) is 2. The van der Waals surface area contributed by atoms with Crippen LogP contribution in [-0.2, 0) is 9.59 Å². The van der Waals surface area contributed by atoms with Gasteiger partial charge >= 0.3 is 0 Å². The summed E-state index contributed by atoms with van der Waals surface area (Å²) < 4.78 is 0. The quantitative estimate of drug-likeness (QED) is 0.381. The van der Waals surface area contributed by atoms with Crippen molar-refractivity contribution in [3.8, 4) is 0 Å². The molecule has 2 N–H and O–H groups in total. The molecule has 0 saturated heterocycles. The molecule has 0 atom stereocenters. The van der Waals surface area contributed by atoms with Crippen LogP contribution in [0.1, 0.15) is 12.8 Å². The molecular formula is C6H6N2O4. The number of nitrogens with zero attached hydrogens (tertiary/aromatic N) is 2. The van der Waals surface area contributed by atoms with Crippen LogP contribution in [0.3, 0.4) is 0 Å². The fourth-order valence-electron chi connectivity index (χ4n) is 0.924. The third kappa shape index (κ3) is 1.18. The van der Waals surface area contributed by atoms with Crippen LogP contribution in [0, 0.1) is 0 Å². The van der Waals surface area contributed by atoms with E-state index >= 15 is 0 Å². The minimum absolute atomic E-state index is 0.0323. The molecule has 1 saturated carbocycles. The average Bonchev–Trinajstić information content (AvgIpc) is 2.06. The molecule has 0 amide bonds. The Morgan fingerprint density at radius 1 is 1.08 bits per heavy atom. The van der Waals surface area contributed by atoms with Crippen LogP contribution in [0.15, 0.2) is 10.3 Å². The van der Waals surface area contributed by atoms with E-state index in [1.54, 1.807) is 0 Å². The molecule has 1 aliphatic rings. The summed E-state index contributed by atoms with van der Waals surface area (Å²) in [6.07, 6.45) is 0.123. The van der Waals surface area contributed by atoms with E-state index in [-0.39, 0.29) is 18.6 Å². The van der Waals surface area contributed by atoms with Gasteiger partial charge in [-0.25, -0.2) is 0 Å². The minimum atomic E-state index is -0.809. The lowest BCUT2D eigenvalue weighted by Crippen LogP contribution is -2.36. The number of oxime groups is 2. The largest absolute Gasteiger partial charge is 0.411 e. The molecule has 1 rings (SSSR count). The fourth-order valence-corrected chi connectivity index (χ4v) is 0.924. The summed E-state index contributed by atoms with van der Waals surface area (Å²) in [5, 5.41) is 21.8. The summed E-state index contributed by atoms with van der Waals surface area (Å²) in [5.74, 6) is -1.34. The van der Waals surface area contributed by atoms with Gasteiger partial charge in [-0.05, 0) is 0 Å². The number of ketones is 2. The first-order valence-corrected chi connectivity index (χ1v) is 3.21. The van der Waals surface area contributed by atoms with Gasteiger partial charge < -0.3 is 10.4 Å². The van der Waals surface area contributed by atoms with Gasteiger partial charge in [0, 0.05) is 12.8 Å². The Morgan fingerprint density at radius 2 is 1.75 bits per heavy atom. The minimum Gasteiger partial charge on any atom is -0.411 e. The standard InChI is InChI=1S/C6H6N2O4/c9-4-2-1-3(7-11)6(10)5(4)8-12/h11-12H,1-2H2. The SMILES string of the molecule is O=C1CCC(=NO)C(=O)C1=NO. The summed E-state index contributed by atoms with van der Waals surface area (Å²) in [4.78, 5) is 21.8. The van der Waals surface area contributed by atoms with E-state index in [0.29, 0.717) is 0 Å². The van der Waals surface area contributed by atoms with Crippen molar-refractivity contribution in [2.24, 2.45) is 10.3 Å². The summed E-state index contributed by atoms with van der Waals surface area (Å²) in [6.45, 7) is 0. The molecule has 0 spiro atoms. The molecule has 6 heteroatoms. The number of carbonyl (C=O) groups is 2. The summed E-state index contributed by atoms with van der Waals surface area (Å²) in [5.41, 5.74) is -0.712. The van der Waals surface area contributed by atoms with Gasteiger partial charge in [-0.3, -0.25) is 9.59 Å². The molecule has 0 aromatic carbocycles. The van der Waals surface area contributed by atoms with Gasteiger partial charge in [0.05, 0.1) is 0 Å². The first-order valence-electron chi connectivity index (χ1n) is 3.21. The highest BCUT2D eigenvalue weighted by atomic mass is 16.4. The molecule has 0 aliphatic heterocycles. The van der Waals surface area contributed by atoms with Crippen molar-refractivity contribution < 1.29 is 20.0 Å². The van der Waals surface area contributed by atoms with Crippen molar-refractivity contribution >= 4 is 23.0 Å². The van der Waals surface area contributed by atoms with Gasteiger partial charge in [0.15, 0.2) is 11.5 Å². The van der Waals surface area contributed by atoms with Crippen molar-refractivity contribution in [3.05, 3.63) is 0 Å². The Labute approximate surface area is 67.2 Å². The van der Waals surface area contributed by atoms with E-state index in [1.165, 1.54) is 0 Å². The van der Waals surface area contributed by atoms with Gasteiger partial charge in [0.2, 0.25) is 5.78 Å². The Hall–Kier alpha value is -1.72. The lowest BCUT2D eigenvalue weighted by molar-refractivity contribution is -0.115. The first kappa shape index (κ1) is 8.38. The average molecular weight is 170 g/mol. The van der Waals surface area contributed by atoms with Crippen LogP contribution in [-0.4, -0.2) is 33.4 Å². The summed E-state index contributed by atoms with van der Waals surface area (Å²) >= 11 is 0. The van der Waals surface area contributed by atoms with Crippen LogP contribution in [0.2, 0.25) is 0 Å². The number of Topliss-reactive ketones (excluding diaryl/α,β-unsaturated/α-hetero) is 2. The molecule has 12 heavy (non-hydrogen) atoms. The molecule has 0 aromatic heterocycles. The molecule has 0 heterocycles. The number of carbonyl (C=O) groups excluding carboxylic acids is 2. The Balaban J connectivity index is 3.01. The summed E-state index contributed by atoms with van der Waals surface area (Å²) in [7, 11) is 0. The van der Waals surface area contributed by atoms with Crippen molar-refractivity contribution in [1.82, 2.24) is 0 Å². The van der Waals surface area contributed by atoms with E-state index in [1.807, 2.05) is 0 Å². The Morgan fingerprint density at radius 3 is 2.25 bits per heavy atom. The highest BCUT2D eigenvalue weighted by molar-refractivity contribution is 6.82. The van der Waals surface area contributed by atoms with E-state index in [0.717, 1.165) is 0 Å². The maximum atomic E-state index is 11.0. The molecule has 0 aromatic rings. The second-order valence-electron chi connectivity index (χ2n) is 2.25. The topological polar surface area (TPSA) is 99.3 Å². The Kier molecular flexibility index (Phi) is 2.18. The molecular weight excluding hydrogens is 164 g/mol. The van der Waals surface area contributed by atoms with Crippen LogP contribution in [0.5, 0.6) is 0 Å². The van der Waals surface area contributed by atoms with Crippen LogP contribution in [0.4, 0.5) is 0 Å². The maximum Gasteiger partial charge on any atom is 0.235 e. The van der Waals surface area contributed by atoms with Crippen molar-refractivity contribution in [1.29, 1.82) is 0 Å². The van der Waals surface area contributed by atoms with Gasteiger partial charge in [-0.1, -0.05) is 10.3 Å². The van der Waals surface area contributed by atoms with Crippen molar-refractivity contribution in [2.45, 2.75) is 12.8 Å². The van der Waals surface area contributed by atoms with E-state index in [2.05, 4.69) is 10.3 Å². The third-order valence-electron chi connectivity index (χ3n) is 1.55. The van der Waals surface area contributed by atoms with Crippen molar-refractivity contribution in [2.75, 3.05) is 0 Å². The molecule has 0 unspecified atom stereocenters. The molecule has 1 aliphatic carbocycles. The van der Waals surface area contributed by atoms with Crippen LogP contribution >= 0.6 is 0 Å². The normalized spacial score (nSPS) is 25.3. The maximum absolute atomic E-state index is 11.0. The molecule has 1 fully saturated rings. The highest BCUT2D eigenvalue weighted by Gasteiger charge is 2.31. The Bertz CT molecular complexity index is 292. The van der Waals surface area contributed by atoms with E-state index in [9.17, 15) is 9.59 Å². The zero-order valence-corrected chi connectivity index (χ0v) is 6.02. The second-order valence-corrected chi connectivity index (χ2v) is 2.25. The van der Waals surface area contributed by atoms with Gasteiger partial charge in [-0.2, -0.15) is 0 Å². The fraction of sp³-hybridized carbons (Fsp3) is 0.333.